The number of aliphatic imine (C=N–C) groups is 1. The van der Waals surface area contributed by atoms with E-state index in [9.17, 15) is 5.11 Å². The molecule has 0 aliphatic rings. The van der Waals surface area contributed by atoms with Crippen LogP contribution in [0.1, 0.15) is 12.5 Å². The van der Waals surface area contributed by atoms with Gasteiger partial charge in [0.05, 0.1) is 11.0 Å². The molecule has 2 N–H and O–H groups in total. The van der Waals surface area contributed by atoms with E-state index in [1.807, 2.05) is 6.07 Å². The van der Waals surface area contributed by atoms with E-state index in [2.05, 4.69) is 49.1 Å². The van der Waals surface area contributed by atoms with Crippen LogP contribution in [0, 0.1) is 0 Å². The Balaban J connectivity index is 2.66. The largest absolute Gasteiger partial charge is 0.506 e. The summed E-state index contributed by atoms with van der Waals surface area (Å²) in [5.41, 5.74) is 0.706. The molecule has 0 saturated heterocycles. The highest BCUT2D eigenvalue weighted by atomic mass is 79.9. The Morgan fingerprint density at radius 1 is 1.44 bits per heavy atom. The fourth-order valence-electron chi connectivity index (χ4n) is 1.17. The standard InChI is InChI=1S/C11H14Br2N2O/c1-2-14-3-4-15-7-8-5-9(12)6-10(13)11(8)16/h5-7,14,16H,2-4H2,1H3. The van der Waals surface area contributed by atoms with Crippen molar-refractivity contribution in [3.05, 3.63) is 26.6 Å². The average Bonchev–Trinajstić information content (AvgIpc) is 2.24. The maximum absolute atomic E-state index is 9.75. The van der Waals surface area contributed by atoms with Gasteiger partial charge in [0, 0.05) is 22.8 Å². The van der Waals surface area contributed by atoms with Gasteiger partial charge in [0.1, 0.15) is 5.75 Å². The molecule has 0 aromatic heterocycles. The molecule has 16 heavy (non-hydrogen) atoms. The van der Waals surface area contributed by atoms with E-state index in [0.717, 1.165) is 17.6 Å². The molecule has 0 saturated carbocycles. The maximum Gasteiger partial charge on any atom is 0.138 e. The normalized spacial score (nSPS) is 11.2. The first-order chi connectivity index (χ1) is 7.65. The van der Waals surface area contributed by atoms with Gasteiger partial charge in [0.2, 0.25) is 0 Å². The van der Waals surface area contributed by atoms with Crippen LogP contribution in [0.15, 0.2) is 26.1 Å². The molecule has 88 valence electrons. The molecule has 0 unspecified atom stereocenters. The minimum Gasteiger partial charge on any atom is -0.506 e. The van der Waals surface area contributed by atoms with Gasteiger partial charge in [-0.2, -0.15) is 0 Å². The summed E-state index contributed by atoms with van der Waals surface area (Å²) < 4.78 is 1.57. The zero-order valence-corrected chi connectivity index (χ0v) is 12.2. The summed E-state index contributed by atoms with van der Waals surface area (Å²) in [4.78, 5) is 4.23. The van der Waals surface area contributed by atoms with Crippen molar-refractivity contribution in [3.63, 3.8) is 0 Å². The van der Waals surface area contributed by atoms with Crippen molar-refractivity contribution in [3.8, 4) is 5.75 Å². The van der Waals surface area contributed by atoms with Crippen LogP contribution in [0.2, 0.25) is 0 Å². The second-order valence-corrected chi connectivity index (χ2v) is 4.98. The van der Waals surface area contributed by atoms with Gasteiger partial charge >= 0.3 is 0 Å². The van der Waals surface area contributed by atoms with E-state index in [-0.39, 0.29) is 5.75 Å². The van der Waals surface area contributed by atoms with Crippen molar-refractivity contribution in [1.29, 1.82) is 0 Å². The van der Waals surface area contributed by atoms with Crippen LogP contribution >= 0.6 is 31.9 Å². The summed E-state index contributed by atoms with van der Waals surface area (Å²) in [6.07, 6.45) is 1.68. The predicted octanol–water partition coefficient (Wildman–Crippen LogP) is 2.95. The van der Waals surface area contributed by atoms with Crippen LogP contribution in [-0.2, 0) is 0 Å². The van der Waals surface area contributed by atoms with Crippen LogP contribution in [0.25, 0.3) is 0 Å². The third-order valence-electron chi connectivity index (χ3n) is 1.96. The van der Waals surface area contributed by atoms with Gasteiger partial charge in [-0.15, -0.1) is 0 Å². The molecule has 0 aliphatic heterocycles. The third-order valence-corrected chi connectivity index (χ3v) is 3.02. The summed E-state index contributed by atoms with van der Waals surface area (Å²) in [6, 6.07) is 3.63. The number of nitrogens with zero attached hydrogens (tertiary/aromatic N) is 1. The Morgan fingerprint density at radius 3 is 2.88 bits per heavy atom. The van der Waals surface area contributed by atoms with E-state index in [0.29, 0.717) is 16.6 Å². The van der Waals surface area contributed by atoms with Gasteiger partial charge in [0.15, 0.2) is 0 Å². The lowest BCUT2D eigenvalue weighted by atomic mass is 10.2. The summed E-state index contributed by atoms with van der Waals surface area (Å²) in [5.74, 6) is 0.218. The van der Waals surface area contributed by atoms with Crippen LogP contribution in [0.4, 0.5) is 0 Å². The molecule has 5 heteroatoms. The Morgan fingerprint density at radius 2 is 2.19 bits per heavy atom. The first-order valence-corrected chi connectivity index (χ1v) is 6.62. The van der Waals surface area contributed by atoms with E-state index in [1.165, 1.54) is 0 Å². The molecule has 3 nitrogen and oxygen atoms in total. The number of likely N-dealkylation sites (N-methyl/N-ethyl adjacent to an activating group) is 1. The lowest BCUT2D eigenvalue weighted by Crippen LogP contribution is -2.16. The van der Waals surface area contributed by atoms with E-state index >= 15 is 0 Å². The highest BCUT2D eigenvalue weighted by Gasteiger charge is 2.04. The van der Waals surface area contributed by atoms with E-state index in [4.69, 9.17) is 0 Å². The number of rotatable bonds is 5. The second-order valence-electron chi connectivity index (χ2n) is 3.21. The minimum atomic E-state index is 0.218. The number of hydrogen-bond donors (Lipinski definition) is 2. The zero-order chi connectivity index (χ0) is 12.0. The minimum absolute atomic E-state index is 0.218. The molecule has 0 atom stereocenters. The first kappa shape index (κ1) is 13.7. The molecule has 0 heterocycles. The monoisotopic (exact) mass is 348 g/mol. The molecule has 0 aliphatic carbocycles. The summed E-state index contributed by atoms with van der Waals surface area (Å²) in [7, 11) is 0. The van der Waals surface area contributed by atoms with Gasteiger partial charge in [0.25, 0.3) is 0 Å². The summed E-state index contributed by atoms with van der Waals surface area (Å²) in [6.45, 7) is 4.56. The smallest absolute Gasteiger partial charge is 0.138 e. The molecule has 1 aromatic carbocycles. The maximum atomic E-state index is 9.75. The van der Waals surface area contributed by atoms with Gasteiger partial charge in [-0.3, -0.25) is 4.99 Å². The fraction of sp³-hybridized carbons (Fsp3) is 0.364. The highest BCUT2D eigenvalue weighted by molar-refractivity contribution is 9.11. The van der Waals surface area contributed by atoms with Gasteiger partial charge in [-0.05, 0) is 34.6 Å². The summed E-state index contributed by atoms with van der Waals surface area (Å²) >= 11 is 6.64. The van der Waals surface area contributed by atoms with Crippen LogP contribution in [0.3, 0.4) is 0 Å². The number of benzene rings is 1. The van der Waals surface area contributed by atoms with Crippen LogP contribution in [-0.4, -0.2) is 31.0 Å². The zero-order valence-electron chi connectivity index (χ0n) is 9.00. The molecule has 0 fully saturated rings. The number of aromatic hydroxyl groups is 1. The van der Waals surface area contributed by atoms with Crippen molar-refractivity contribution < 1.29 is 5.11 Å². The summed E-state index contributed by atoms with van der Waals surface area (Å²) in [5, 5.41) is 12.9. The SMILES string of the molecule is CCNCCN=Cc1cc(Br)cc(Br)c1O. The Bertz CT molecular complexity index is 380. The highest BCUT2D eigenvalue weighted by Crippen LogP contribution is 2.30. The third kappa shape index (κ3) is 4.23. The van der Waals surface area contributed by atoms with Crippen molar-refractivity contribution in [2.24, 2.45) is 4.99 Å². The molecule has 0 spiro atoms. The van der Waals surface area contributed by atoms with Crippen molar-refractivity contribution in [2.45, 2.75) is 6.92 Å². The first-order valence-electron chi connectivity index (χ1n) is 5.03. The number of phenolic OH excluding ortho intramolecular Hbond substituents is 1. The average molecular weight is 350 g/mol. The molecule has 0 bridgehead atoms. The number of nitrogens with one attached hydrogen (secondary N) is 1. The molecule has 0 amide bonds. The number of halogens is 2. The van der Waals surface area contributed by atoms with Gasteiger partial charge in [-0.25, -0.2) is 0 Å². The van der Waals surface area contributed by atoms with Crippen molar-refractivity contribution in [1.82, 2.24) is 5.32 Å². The second kappa shape index (κ2) is 7.04. The molecule has 0 radical (unpaired) electrons. The molecule has 1 rings (SSSR count). The lowest BCUT2D eigenvalue weighted by Gasteiger charge is -2.02. The van der Waals surface area contributed by atoms with Crippen LogP contribution in [0.5, 0.6) is 5.75 Å². The van der Waals surface area contributed by atoms with Gasteiger partial charge < -0.3 is 10.4 Å². The van der Waals surface area contributed by atoms with E-state index < -0.39 is 0 Å². The van der Waals surface area contributed by atoms with Crippen molar-refractivity contribution in [2.75, 3.05) is 19.6 Å². The Kier molecular flexibility index (Phi) is 6.01. The molecule has 1 aromatic rings. The predicted molar refractivity (Wildman–Crippen MR) is 74.5 cm³/mol. The lowest BCUT2D eigenvalue weighted by molar-refractivity contribution is 0.471. The van der Waals surface area contributed by atoms with Crippen LogP contribution < -0.4 is 5.32 Å². The molecular weight excluding hydrogens is 336 g/mol. The van der Waals surface area contributed by atoms with E-state index in [1.54, 1.807) is 12.3 Å². The fourth-order valence-corrected chi connectivity index (χ4v) is 2.43. The van der Waals surface area contributed by atoms with Crippen molar-refractivity contribution >= 4 is 38.1 Å². The molecular formula is C11H14Br2N2O. The van der Waals surface area contributed by atoms with Gasteiger partial charge in [-0.1, -0.05) is 22.9 Å². The number of hydrogen-bond acceptors (Lipinski definition) is 3. The Labute approximate surface area is 112 Å². The topological polar surface area (TPSA) is 44.6 Å². The Hall–Kier alpha value is -0.390. The number of phenols is 1. The quantitative estimate of drug-likeness (QED) is 0.634.